The van der Waals surface area contributed by atoms with Gasteiger partial charge in [-0.3, -0.25) is 0 Å². The molecule has 0 bridgehead atoms. The molecule has 94 valence electrons. The van der Waals surface area contributed by atoms with Crippen LogP contribution >= 0.6 is 11.6 Å². The summed E-state index contributed by atoms with van der Waals surface area (Å²) in [6, 6.07) is 13.0. The van der Waals surface area contributed by atoms with E-state index >= 15 is 0 Å². The highest BCUT2D eigenvalue weighted by Gasteiger charge is 2.06. The molecular weight excluding hydrogens is 253 g/mol. The predicted molar refractivity (Wildman–Crippen MR) is 71.3 cm³/mol. The number of rotatable bonds is 4. The first-order chi connectivity index (χ1) is 8.65. The second kappa shape index (κ2) is 5.85. The fraction of sp³-hybridized carbons (Fsp3) is 0.143. The van der Waals surface area contributed by atoms with E-state index in [1.165, 1.54) is 12.1 Å². The molecule has 1 unspecified atom stereocenters. The fourth-order valence-corrected chi connectivity index (χ4v) is 1.71. The average Bonchev–Trinajstić information content (AvgIpc) is 2.38. The number of benzene rings is 2. The maximum Gasteiger partial charge on any atom is 0.123 e. The number of hydrogen-bond acceptors (Lipinski definition) is 2. The van der Waals surface area contributed by atoms with Crippen molar-refractivity contribution in [1.29, 1.82) is 0 Å². The first-order valence-corrected chi connectivity index (χ1v) is 5.96. The summed E-state index contributed by atoms with van der Waals surface area (Å²) in [5.41, 5.74) is 1.55. The highest BCUT2D eigenvalue weighted by atomic mass is 35.5. The summed E-state index contributed by atoms with van der Waals surface area (Å²) in [5.74, 6) is -0.279. The molecule has 4 heteroatoms. The zero-order chi connectivity index (χ0) is 13.0. The number of aliphatic hydroxyl groups excluding tert-OH is 1. The van der Waals surface area contributed by atoms with E-state index in [4.69, 9.17) is 11.6 Å². The molecule has 2 rings (SSSR count). The summed E-state index contributed by atoms with van der Waals surface area (Å²) in [5, 5.41) is 13.6. The quantitative estimate of drug-likeness (QED) is 0.885. The van der Waals surface area contributed by atoms with E-state index in [9.17, 15) is 9.50 Å². The van der Waals surface area contributed by atoms with Crippen LogP contribution in [0.5, 0.6) is 0 Å². The predicted octanol–water partition coefficient (Wildman–Crippen LogP) is 3.62. The van der Waals surface area contributed by atoms with Gasteiger partial charge in [0.2, 0.25) is 0 Å². The van der Waals surface area contributed by atoms with Gasteiger partial charge in [-0.2, -0.15) is 0 Å². The van der Waals surface area contributed by atoms with Crippen molar-refractivity contribution >= 4 is 17.3 Å². The molecule has 0 aliphatic heterocycles. The lowest BCUT2D eigenvalue weighted by Gasteiger charge is -2.13. The van der Waals surface area contributed by atoms with Crippen molar-refractivity contribution in [3.63, 3.8) is 0 Å². The second-order valence-electron chi connectivity index (χ2n) is 3.96. The first-order valence-electron chi connectivity index (χ1n) is 5.58. The van der Waals surface area contributed by atoms with Gasteiger partial charge in [-0.1, -0.05) is 23.7 Å². The van der Waals surface area contributed by atoms with Crippen molar-refractivity contribution in [3.8, 4) is 0 Å². The largest absolute Gasteiger partial charge is 0.387 e. The van der Waals surface area contributed by atoms with Gasteiger partial charge in [0.15, 0.2) is 0 Å². The van der Waals surface area contributed by atoms with Crippen LogP contribution in [0.3, 0.4) is 0 Å². The van der Waals surface area contributed by atoms with Crippen molar-refractivity contribution in [2.75, 3.05) is 11.9 Å². The summed E-state index contributed by atoms with van der Waals surface area (Å²) in [6.45, 7) is 0.354. The van der Waals surface area contributed by atoms with Crippen LogP contribution in [0.15, 0.2) is 48.5 Å². The lowest BCUT2D eigenvalue weighted by molar-refractivity contribution is 0.191. The zero-order valence-electron chi connectivity index (χ0n) is 9.61. The lowest BCUT2D eigenvalue weighted by atomic mass is 10.1. The van der Waals surface area contributed by atoms with Gasteiger partial charge < -0.3 is 10.4 Å². The third-order valence-electron chi connectivity index (χ3n) is 2.60. The van der Waals surface area contributed by atoms with Gasteiger partial charge in [0.1, 0.15) is 5.82 Å². The number of anilines is 1. The van der Waals surface area contributed by atoms with Crippen LogP contribution in [0.25, 0.3) is 0 Å². The van der Waals surface area contributed by atoms with Crippen LogP contribution in [-0.4, -0.2) is 11.7 Å². The highest BCUT2D eigenvalue weighted by Crippen LogP contribution is 2.17. The van der Waals surface area contributed by atoms with E-state index in [-0.39, 0.29) is 5.82 Å². The summed E-state index contributed by atoms with van der Waals surface area (Å²) in [6.07, 6.45) is -0.632. The van der Waals surface area contributed by atoms with Gasteiger partial charge in [-0.15, -0.1) is 0 Å². The van der Waals surface area contributed by atoms with E-state index in [2.05, 4.69) is 5.32 Å². The normalized spacial score (nSPS) is 12.2. The molecule has 0 heterocycles. The molecule has 0 saturated heterocycles. The van der Waals surface area contributed by atoms with Crippen LogP contribution in [0, 0.1) is 5.82 Å². The number of aliphatic hydroxyl groups is 1. The summed E-state index contributed by atoms with van der Waals surface area (Å²) >= 11 is 5.77. The molecule has 2 nitrogen and oxygen atoms in total. The van der Waals surface area contributed by atoms with Crippen LogP contribution in [0.4, 0.5) is 10.1 Å². The number of hydrogen-bond donors (Lipinski definition) is 2. The van der Waals surface area contributed by atoms with Gasteiger partial charge in [0, 0.05) is 17.3 Å². The Morgan fingerprint density at radius 3 is 2.28 bits per heavy atom. The molecule has 0 aliphatic rings. The number of halogens is 2. The number of nitrogens with one attached hydrogen (secondary N) is 1. The Morgan fingerprint density at radius 1 is 1.06 bits per heavy atom. The van der Waals surface area contributed by atoms with Gasteiger partial charge in [0.25, 0.3) is 0 Å². The Kier molecular flexibility index (Phi) is 4.18. The molecule has 18 heavy (non-hydrogen) atoms. The molecule has 0 saturated carbocycles. The maximum atomic E-state index is 12.7. The van der Waals surface area contributed by atoms with Crippen molar-refractivity contribution in [2.45, 2.75) is 6.10 Å². The maximum absolute atomic E-state index is 12.7. The minimum atomic E-state index is -0.632. The van der Waals surface area contributed by atoms with E-state index in [1.807, 2.05) is 0 Å². The zero-order valence-corrected chi connectivity index (χ0v) is 10.4. The average molecular weight is 266 g/mol. The Hall–Kier alpha value is -1.58. The Labute approximate surface area is 110 Å². The molecule has 0 amide bonds. The Bertz CT molecular complexity index is 498. The SMILES string of the molecule is OC(CNc1ccc(F)cc1)c1ccc(Cl)cc1. The molecule has 1 atom stereocenters. The van der Waals surface area contributed by atoms with Crippen molar-refractivity contribution in [3.05, 3.63) is 64.9 Å². The minimum absolute atomic E-state index is 0.279. The molecule has 2 aromatic carbocycles. The minimum Gasteiger partial charge on any atom is -0.387 e. The van der Waals surface area contributed by atoms with E-state index in [0.717, 1.165) is 11.3 Å². The van der Waals surface area contributed by atoms with E-state index in [0.29, 0.717) is 11.6 Å². The Morgan fingerprint density at radius 2 is 1.67 bits per heavy atom. The van der Waals surface area contributed by atoms with Gasteiger partial charge >= 0.3 is 0 Å². The smallest absolute Gasteiger partial charge is 0.123 e. The van der Waals surface area contributed by atoms with E-state index < -0.39 is 6.10 Å². The summed E-state index contributed by atoms with van der Waals surface area (Å²) in [7, 11) is 0. The van der Waals surface area contributed by atoms with Crippen LogP contribution in [-0.2, 0) is 0 Å². The summed E-state index contributed by atoms with van der Waals surface area (Å²) < 4.78 is 12.7. The standard InChI is InChI=1S/C14H13ClFNO/c15-11-3-1-10(2-4-11)14(18)9-17-13-7-5-12(16)6-8-13/h1-8,14,17-18H,9H2. The lowest BCUT2D eigenvalue weighted by Crippen LogP contribution is -2.11. The van der Waals surface area contributed by atoms with Gasteiger partial charge in [-0.25, -0.2) is 4.39 Å². The first kappa shape index (κ1) is 12.9. The molecule has 0 aromatic heterocycles. The van der Waals surface area contributed by atoms with Crippen molar-refractivity contribution < 1.29 is 9.50 Å². The van der Waals surface area contributed by atoms with E-state index in [1.54, 1.807) is 36.4 Å². The van der Waals surface area contributed by atoms with Crippen molar-refractivity contribution in [2.24, 2.45) is 0 Å². The highest BCUT2D eigenvalue weighted by molar-refractivity contribution is 6.30. The molecule has 0 spiro atoms. The van der Waals surface area contributed by atoms with Gasteiger partial charge in [0.05, 0.1) is 6.10 Å². The third-order valence-corrected chi connectivity index (χ3v) is 2.85. The van der Waals surface area contributed by atoms with Crippen LogP contribution in [0.2, 0.25) is 5.02 Å². The Balaban J connectivity index is 1.93. The van der Waals surface area contributed by atoms with Crippen LogP contribution < -0.4 is 5.32 Å². The van der Waals surface area contributed by atoms with Gasteiger partial charge in [-0.05, 0) is 42.0 Å². The molecule has 0 fully saturated rings. The third kappa shape index (κ3) is 3.45. The molecule has 0 aliphatic carbocycles. The molecule has 0 radical (unpaired) electrons. The molecule has 2 N–H and O–H groups in total. The van der Waals surface area contributed by atoms with Crippen molar-refractivity contribution in [1.82, 2.24) is 0 Å². The molecule has 2 aromatic rings. The van der Waals surface area contributed by atoms with Crippen LogP contribution in [0.1, 0.15) is 11.7 Å². The monoisotopic (exact) mass is 265 g/mol. The fourth-order valence-electron chi connectivity index (χ4n) is 1.59. The summed E-state index contributed by atoms with van der Waals surface area (Å²) in [4.78, 5) is 0. The topological polar surface area (TPSA) is 32.3 Å². The second-order valence-corrected chi connectivity index (χ2v) is 4.39. The molecular formula is C14H13ClFNO.